The van der Waals surface area contributed by atoms with E-state index < -0.39 is 0 Å². The molecule has 4 nitrogen and oxygen atoms in total. The number of nitrogens with one attached hydrogen (secondary N) is 1. The lowest BCUT2D eigenvalue weighted by Crippen LogP contribution is -2.46. The first-order valence-electron chi connectivity index (χ1n) is 5.75. The molecule has 0 saturated carbocycles. The molecule has 88 valence electrons. The monoisotopic (exact) mass is 332 g/mol. The van der Waals surface area contributed by atoms with Gasteiger partial charge in [0.2, 0.25) is 0 Å². The van der Waals surface area contributed by atoms with Crippen LogP contribution in [-0.2, 0) is 0 Å². The Kier molecular flexibility index (Phi) is 4.34. The lowest BCUT2D eigenvalue weighted by molar-refractivity contribution is 0.433. The highest BCUT2D eigenvalue weighted by atomic mass is 127. The van der Waals surface area contributed by atoms with Crippen LogP contribution in [-0.4, -0.2) is 35.6 Å². The molecule has 1 N–H and O–H groups in total. The highest BCUT2D eigenvalue weighted by molar-refractivity contribution is 14.1. The van der Waals surface area contributed by atoms with Crippen molar-refractivity contribution >= 4 is 28.4 Å². The van der Waals surface area contributed by atoms with Crippen LogP contribution in [0.25, 0.3) is 0 Å². The van der Waals surface area contributed by atoms with Gasteiger partial charge in [-0.1, -0.05) is 0 Å². The normalized spacial score (nSPS) is 20.8. The van der Waals surface area contributed by atoms with Gasteiger partial charge in [-0.25, -0.2) is 9.97 Å². The van der Waals surface area contributed by atoms with Crippen molar-refractivity contribution in [2.75, 3.05) is 24.5 Å². The first-order chi connectivity index (χ1) is 7.83. The molecule has 2 heterocycles. The Hall–Kier alpha value is -0.430. The van der Waals surface area contributed by atoms with Gasteiger partial charge in [-0.05, 0) is 48.9 Å². The van der Waals surface area contributed by atoms with E-state index in [1.165, 1.54) is 12.8 Å². The van der Waals surface area contributed by atoms with Crippen LogP contribution in [0.5, 0.6) is 0 Å². The van der Waals surface area contributed by atoms with Gasteiger partial charge in [0.15, 0.2) is 0 Å². The Bertz CT molecular complexity index is 339. The van der Waals surface area contributed by atoms with E-state index in [-0.39, 0.29) is 0 Å². The predicted molar refractivity (Wildman–Crippen MR) is 73.7 cm³/mol. The van der Waals surface area contributed by atoms with Crippen molar-refractivity contribution in [2.45, 2.75) is 25.8 Å². The molecular weight excluding hydrogens is 315 g/mol. The van der Waals surface area contributed by atoms with Gasteiger partial charge >= 0.3 is 0 Å². The van der Waals surface area contributed by atoms with E-state index in [4.69, 9.17) is 0 Å². The third-order valence-corrected chi connectivity index (χ3v) is 3.73. The zero-order chi connectivity index (χ0) is 11.4. The van der Waals surface area contributed by atoms with Gasteiger partial charge in [0, 0.05) is 25.3 Å². The maximum Gasteiger partial charge on any atom is 0.145 e. The molecule has 0 amide bonds. The summed E-state index contributed by atoms with van der Waals surface area (Å²) in [6.45, 7) is 5.40. The fourth-order valence-corrected chi connectivity index (χ4v) is 2.81. The summed E-state index contributed by atoms with van der Waals surface area (Å²) in [6, 6.07) is 0.571. The fraction of sp³-hybridized carbons (Fsp3) is 0.636. The highest BCUT2D eigenvalue weighted by Gasteiger charge is 2.22. The van der Waals surface area contributed by atoms with E-state index in [9.17, 15) is 0 Å². The molecule has 1 aliphatic heterocycles. The minimum atomic E-state index is 0.571. The number of halogens is 1. The molecular formula is C11H17IN4. The quantitative estimate of drug-likeness (QED) is 0.855. The molecule has 1 unspecified atom stereocenters. The van der Waals surface area contributed by atoms with E-state index in [2.05, 4.69) is 49.7 Å². The third kappa shape index (κ3) is 2.63. The Morgan fingerprint density at radius 1 is 1.62 bits per heavy atom. The average Bonchev–Trinajstić information content (AvgIpc) is 2.34. The lowest BCUT2D eigenvalue weighted by atomic mass is 10.1. The molecule has 5 heteroatoms. The van der Waals surface area contributed by atoms with Crippen molar-refractivity contribution in [3.05, 3.63) is 16.1 Å². The van der Waals surface area contributed by atoms with Crippen LogP contribution in [0.3, 0.4) is 0 Å². The summed E-state index contributed by atoms with van der Waals surface area (Å²) >= 11 is 2.31. The fourth-order valence-electron chi connectivity index (χ4n) is 2.20. The summed E-state index contributed by atoms with van der Waals surface area (Å²) in [4.78, 5) is 10.8. The predicted octanol–water partition coefficient (Wildman–Crippen LogP) is 1.66. The van der Waals surface area contributed by atoms with Gasteiger partial charge in [0.05, 0.1) is 3.57 Å². The van der Waals surface area contributed by atoms with E-state index in [0.29, 0.717) is 6.04 Å². The summed E-state index contributed by atoms with van der Waals surface area (Å²) in [7, 11) is 0. The zero-order valence-corrected chi connectivity index (χ0v) is 11.6. The number of anilines is 1. The topological polar surface area (TPSA) is 41.1 Å². The summed E-state index contributed by atoms with van der Waals surface area (Å²) in [6.07, 6.45) is 6.02. The van der Waals surface area contributed by atoms with Crippen LogP contribution < -0.4 is 10.2 Å². The number of piperidine rings is 1. The highest BCUT2D eigenvalue weighted by Crippen LogP contribution is 2.22. The molecule has 0 radical (unpaired) electrons. The molecule has 0 aliphatic carbocycles. The smallest absolute Gasteiger partial charge is 0.145 e. The van der Waals surface area contributed by atoms with Gasteiger partial charge in [0.1, 0.15) is 12.1 Å². The number of rotatable bonds is 3. The Morgan fingerprint density at radius 3 is 3.12 bits per heavy atom. The summed E-state index contributed by atoms with van der Waals surface area (Å²) < 4.78 is 1.13. The second kappa shape index (κ2) is 5.77. The van der Waals surface area contributed by atoms with E-state index >= 15 is 0 Å². The van der Waals surface area contributed by atoms with E-state index in [1.807, 2.05) is 6.20 Å². The van der Waals surface area contributed by atoms with Crippen molar-refractivity contribution in [2.24, 2.45) is 0 Å². The van der Waals surface area contributed by atoms with Gasteiger partial charge in [-0.2, -0.15) is 0 Å². The number of likely N-dealkylation sites (N-methyl/N-ethyl adjacent to an activating group) is 1. The molecule has 1 atom stereocenters. The second-order valence-corrected chi connectivity index (χ2v) is 5.14. The summed E-state index contributed by atoms with van der Waals surface area (Å²) in [5.41, 5.74) is 0. The average molecular weight is 332 g/mol. The number of hydrogen-bond donors (Lipinski definition) is 1. The molecule has 1 aliphatic rings. The minimum Gasteiger partial charge on any atom is -0.352 e. The maximum atomic E-state index is 4.40. The zero-order valence-electron chi connectivity index (χ0n) is 9.49. The van der Waals surface area contributed by atoms with Crippen LogP contribution in [0.15, 0.2) is 12.5 Å². The Balaban J connectivity index is 2.18. The molecule has 0 spiro atoms. The maximum absolute atomic E-state index is 4.40. The van der Waals surface area contributed by atoms with Gasteiger partial charge in [-0.3, -0.25) is 0 Å². The SMILES string of the molecule is CCN(c1ncncc1I)C1CCCNC1. The van der Waals surface area contributed by atoms with Gasteiger partial charge < -0.3 is 10.2 Å². The van der Waals surface area contributed by atoms with Gasteiger partial charge in [-0.15, -0.1) is 0 Å². The molecule has 1 fully saturated rings. The molecule has 0 aromatic carbocycles. The van der Waals surface area contributed by atoms with E-state index in [0.717, 1.165) is 29.0 Å². The molecule has 2 rings (SSSR count). The summed E-state index contributed by atoms with van der Waals surface area (Å²) in [5.74, 6) is 1.08. The molecule has 0 bridgehead atoms. The van der Waals surface area contributed by atoms with Crippen molar-refractivity contribution < 1.29 is 0 Å². The van der Waals surface area contributed by atoms with Crippen LogP contribution in [0.4, 0.5) is 5.82 Å². The Labute approximate surface area is 110 Å². The molecule has 1 saturated heterocycles. The largest absolute Gasteiger partial charge is 0.352 e. The Morgan fingerprint density at radius 2 is 2.50 bits per heavy atom. The minimum absolute atomic E-state index is 0.571. The van der Waals surface area contributed by atoms with Crippen LogP contribution in [0.1, 0.15) is 19.8 Å². The van der Waals surface area contributed by atoms with Crippen LogP contribution in [0, 0.1) is 3.57 Å². The number of aromatic nitrogens is 2. The van der Waals surface area contributed by atoms with Crippen molar-refractivity contribution in [1.82, 2.24) is 15.3 Å². The molecule has 1 aromatic heterocycles. The number of nitrogens with zero attached hydrogens (tertiary/aromatic N) is 3. The first kappa shape index (κ1) is 12.0. The van der Waals surface area contributed by atoms with Crippen molar-refractivity contribution in [1.29, 1.82) is 0 Å². The summed E-state index contributed by atoms with van der Waals surface area (Å²) in [5, 5.41) is 3.45. The first-order valence-corrected chi connectivity index (χ1v) is 6.83. The van der Waals surface area contributed by atoms with E-state index in [1.54, 1.807) is 6.33 Å². The van der Waals surface area contributed by atoms with Crippen LogP contribution in [0.2, 0.25) is 0 Å². The van der Waals surface area contributed by atoms with Crippen molar-refractivity contribution in [3.63, 3.8) is 0 Å². The standard InChI is InChI=1S/C11H17IN4/c1-2-16(9-4-3-5-13-6-9)11-10(12)7-14-8-15-11/h7-9,13H,2-6H2,1H3. The molecule has 1 aromatic rings. The van der Waals surface area contributed by atoms with Gasteiger partial charge in [0.25, 0.3) is 0 Å². The van der Waals surface area contributed by atoms with Crippen LogP contribution >= 0.6 is 22.6 Å². The third-order valence-electron chi connectivity index (χ3n) is 2.97. The molecule has 16 heavy (non-hydrogen) atoms. The lowest BCUT2D eigenvalue weighted by Gasteiger charge is -2.35. The van der Waals surface area contributed by atoms with Crippen molar-refractivity contribution in [3.8, 4) is 0 Å². The number of hydrogen-bond acceptors (Lipinski definition) is 4. The second-order valence-electron chi connectivity index (χ2n) is 3.98.